The summed E-state index contributed by atoms with van der Waals surface area (Å²) < 4.78 is 5.69. The van der Waals surface area contributed by atoms with Gasteiger partial charge in [0.15, 0.2) is 0 Å². The van der Waals surface area contributed by atoms with Gasteiger partial charge in [-0.25, -0.2) is 0 Å². The highest BCUT2D eigenvalue weighted by atomic mass is 16.5. The van der Waals surface area contributed by atoms with E-state index in [2.05, 4.69) is 18.7 Å². The first-order valence-corrected chi connectivity index (χ1v) is 6.67. The third-order valence-electron chi connectivity index (χ3n) is 3.53. The fraction of sp³-hybridized carbons (Fsp3) is 0.533. The summed E-state index contributed by atoms with van der Waals surface area (Å²) in [5, 5.41) is 0. The van der Waals surface area contributed by atoms with Gasteiger partial charge in [0.05, 0.1) is 6.10 Å². The van der Waals surface area contributed by atoms with Gasteiger partial charge in [-0.15, -0.1) is 0 Å². The van der Waals surface area contributed by atoms with Crippen LogP contribution in [0.25, 0.3) is 0 Å². The van der Waals surface area contributed by atoms with E-state index in [1.54, 1.807) is 0 Å². The van der Waals surface area contributed by atoms with Crippen LogP contribution in [0.1, 0.15) is 35.7 Å². The number of carbonyl (C=O) groups is 1. The summed E-state index contributed by atoms with van der Waals surface area (Å²) in [4.78, 5) is 13.1. The van der Waals surface area contributed by atoms with Crippen molar-refractivity contribution in [3.05, 3.63) is 29.3 Å². The highest BCUT2D eigenvalue weighted by molar-refractivity contribution is 5.77. The maximum absolute atomic E-state index is 10.8. The Morgan fingerprint density at radius 2 is 2.33 bits per heavy atom. The van der Waals surface area contributed by atoms with Gasteiger partial charge in [0.2, 0.25) is 0 Å². The molecule has 1 fully saturated rings. The zero-order valence-electron chi connectivity index (χ0n) is 11.2. The van der Waals surface area contributed by atoms with Crippen LogP contribution in [0.3, 0.4) is 0 Å². The standard InChI is InChI=1S/C15H21NO2/c1-3-16(10-14-5-4-8-18-14)15-7-6-13(11-17)9-12(15)2/h6-7,9,11,14H,3-5,8,10H2,1-2H3. The van der Waals surface area contributed by atoms with Gasteiger partial charge < -0.3 is 9.64 Å². The molecule has 0 aliphatic carbocycles. The monoisotopic (exact) mass is 247 g/mol. The van der Waals surface area contributed by atoms with Crippen LogP contribution < -0.4 is 4.90 Å². The Labute approximate surface area is 109 Å². The molecule has 0 saturated carbocycles. The first kappa shape index (κ1) is 13.1. The molecule has 1 aromatic rings. The van der Waals surface area contributed by atoms with Crippen LogP contribution in [0.2, 0.25) is 0 Å². The zero-order chi connectivity index (χ0) is 13.0. The molecule has 0 aromatic heterocycles. The molecule has 1 aliphatic heterocycles. The maximum atomic E-state index is 10.8. The number of rotatable bonds is 5. The second-order valence-corrected chi connectivity index (χ2v) is 4.84. The number of ether oxygens (including phenoxy) is 1. The van der Waals surface area contributed by atoms with Crippen LogP contribution in [0, 0.1) is 6.92 Å². The van der Waals surface area contributed by atoms with E-state index in [1.807, 2.05) is 18.2 Å². The first-order chi connectivity index (χ1) is 8.74. The average molecular weight is 247 g/mol. The van der Waals surface area contributed by atoms with Crippen molar-refractivity contribution in [1.29, 1.82) is 0 Å². The summed E-state index contributed by atoms with van der Waals surface area (Å²) in [5.41, 5.74) is 3.10. The largest absolute Gasteiger partial charge is 0.376 e. The lowest BCUT2D eigenvalue weighted by atomic mass is 10.1. The van der Waals surface area contributed by atoms with Crippen molar-refractivity contribution in [2.75, 3.05) is 24.6 Å². The molecule has 1 atom stereocenters. The van der Waals surface area contributed by atoms with Gasteiger partial charge in [-0.2, -0.15) is 0 Å². The molecule has 18 heavy (non-hydrogen) atoms. The lowest BCUT2D eigenvalue weighted by Crippen LogP contribution is -2.32. The van der Waals surface area contributed by atoms with E-state index in [1.165, 1.54) is 12.1 Å². The van der Waals surface area contributed by atoms with Crippen molar-refractivity contribution in [2.24, 2.45) is 0 Å². The van der Waals surface area contributed by atoms with E-state index in [0.29, 0.717) is 6.10 Å². The van der Waals surface area contributed by atoms with E-state index in [9.17, 15) is 4.79 Å². The minimum atomic E-state index is 0.357. The number of hydrogen-bond acceptors (Lipinski definition) is 3. The predicted octanol–water partition coefficient (Wildman–Crippen LogP) is 2.81. The van der Waals surface area contributed by atoms with E-state index >= 15 is 0 Å². The molecule has 98 valence electrons. The molecule has 1 unspecified atom stereocenters. The van der Waals surface area contributed by atoms with Crippen LogP contribution in [-0.2, 0) is 4.74 Å². The Kier molecular flexibility index (Phi) is 4.37. The van der Waals surface area contributed by atoms with Crippen LogP contribution in [-0.4, -0.2) is 32.1 Å². The molecule has 0 N–H and O–H groups in total. The SMILES string of the molecule is CCN(CC1CCCO1)c1ccc(C=O)cc1C. The molecule has 0 bridgehead atoms. The molecule has 0 amide bonds. The number of aldehydes is 1. The molecule has 0 radical (unpaired) electrons. The van der Waals surface area contributed by atoms with Gasteiger partial charge >= 0.3 is 0 Å². The van der Waals surface area contributed by atoms with Crippen LogP contribution in [0.15, 0.2) is 18.2 Å². The molecule has 1 saturated heterocycles. The van der Waals surface area contributed by atoms with Gasteiger partial charge in [-0.05, 0) is 50.5 Å². The average Bonchev–Trinajstić information content (AvgIpc) is 2.89. The van der Waals surface area contributed by atoms with Crippen LogP contribution in [0.4, 0.5) is 5.69 Å². The van der Waals surface area contributed by atoms with Gasteiger partial charge in [0.1, 0.15) is 6.29 Å². The number of hydrogen-bond donors (Lipinski definition) is 0. The normalized spacial score (nSPS) is 18.9. The van der Waals surface area contributed by atoms with Gasteiger partial charge in [0.25, 0.3) is 0 Å². The van der Waals surface area contributed by atoms with E-state index in [0.717, 1.165) is 43.5 Å². The minimum absolute atomic E-state index is 0.357. The molecule has 3 heteroatoms. The zero-order valence-corrected chi connectivity index (χ0v) is 11.2. The minimum Gasteiger partial charge on any atom is -0.376 e. The Hall–Kier alpha value is -1.35. The smallest absolute Gasteiger partial charge is 0.150 e. The lowest BCUT2D eigenvalue weighted by Gasteiger charge is -2.27. The Morgan fingerprint density at radius 1 is 1.50 bits per heavy atom. The Morgan fingerprint density at radius 3 is 2.89 bits per heavy atom. The summed E-state index contributed by atoms with van der Waals surface area (Å²) >= 11 is 0. The molecular weight excluding hydrogens is 226 g/mol. The number of benzene rings is 1. The Bertz CT molecular complexity index is 411. The second kappa shape index (κ2) is 6.01. The molecular formula is C15H21NO2. The van der Waals surface area contributed by atoms with Crippen molar-refractivity contribution in [3.63, 3.8) is 0 Å². The van der Waals surface area contributed by atoms with Crippen LogP contribution >= 0.6 is 0 Å². The van der Waals surface area contributed by atoms with Crippen molar-refractivity contribution in [2.45, 2.75) is 32.8 Å². The molecule has 1 heterocycles. The van der Waals surface area contributed by atoms with Gasteiger partial charge in [-0.3, -0.25) is 4.79 Å². The third-order valence-corrected chi connectivity index (χ3v) is 3.53. The summed E-state index contributed by atoms with van der Waals surface area (Å²) in [6, 6.07) is 5.87. The lowest BCUT2D eigenvalue weighted by molar-refractivity contribution is 0.112. The predicted molar refractivity (Wildman–Crippen MR) is 73.4 cm³/mol. The van der Waals surface area contributed by atoms with Gasteiger partial charge in [0, 0.05) is 30.9 Å². The fourth-order valence-electron chi connectivity index (χ4n) is 2.54. The number of nitrogens with zero attached hydrogens (tertiary/aromatic N) is 1. The fourth-order valence-corrected chi connectivity index (χ4v) is 2.54. The quantitative estimate of drug-likeness (QED) is 0.749. The van der Waals surface area contributed by atoms with Crippen molar-refractivity contribution < 1.29 is 9.53 Å². The van der Waals surface area contributed by atoms with E-state index in [-0.39, 0.29) is 0 Å². The van der Waals surface area contributed by atoms with Crippen LogP contribution in [0.5, 0.6) is 0 Å². The number of likely N-dealkylation sites (N-methyl/N-ethyl adjacent to an activating group) is 1. The molecule has 0 spiro atoms. The Balaban J connectivity index is 2.13. The van der Waals surface area contributed by atoms with Gasteiger partial charge in [-0.1, -0.05) is 0 Å². The summed E-state index contributed by atoms with van der Waals surface area (Å²) in [5.74, 6) is 0. The number of anilines is 1. The van der Waals surface area contributed by atoms with Crippen molar-refractivity contribution in [1.82, 2.24) is 0 Å². The summed E-state index contributed by atoms with van der Waals surface area (Å²) in [7, 11) is 0. The highest BCUT2D eigenvalue weighted by Crippen LogP contribution is 2.23. The molecule has 1 aliphatic rings. The highest BCUT2D eigenvalue weighted by Gasteiger charge is 2.19. The first-order valence-electron chi connectivity index (χ1n) is 6.67. The summed E-state index contributed by atoms with van der Waals surface area (Å²) in [6.07, 6.45) is 3.58. The van der Waals surface area contributed by atoms with E-state index < -0.39 is 0 Å². The topological polar surface area (TPSA) is 29.5 Å². The molecule has 1 aromatic carbocycles. The molecule has 3 nitrogen and oxygen atoms in total. The summed E-state index contributed by atoms with van der Waals surface area (Å²) in [6.45, 7) is 7.01. The van der Waals surface area contributed by atoms with Crippen molar-refractivity contribution >= 4 is 12.0 Å². The number of aryl methyl sites for hydroxylation is 1. The molecule has 2 rings (SSSR count). The second-order valence-electron chi connectivity index (χ2n) is 4.84. The third kappa shape index (κ3) is 2.91. The van der Waals surface area contributed by atoms with Crippen molar-refractivity contribution in [3.8, 4) is 0 Å². The maximum Gasteiger partial charge on any atom is 0.150 e. The number of carbonyl (C=O) groups excluding carboxylic acids is 1. The van der Waals surface area contributed by atoms with E-state index in [4.69, 9.17) is 4.74 Å².